The molecule has 0 saturated carbocycles. The Balaban J connectivity index is 2.08. The first-order valence-corrected chi connectivity index (χ1v) is 6.85. The van der Waals surface area contributed by atoms with Crippen LogP contribution < -0.4 is 5.32 Å². The minimum absolute atomic E-state index is 0.0909. The summed E-state index contributed by atoms with van der Waals surface area (Å²) < 4.78 is 13.6. The summed E-state index contributed by atoms with van der Waals surface area (Å²) in [6.45, 7) is 0. The van der Waals surface area contributed by atoms with Crippen molar-refractivity contribution in [3.05, 3.63) is 51.8 Å². The molecular formula is C14H8Cl2FN3O2. The fraction of sp³-hybridized carbons (Fsp3) is 0. The lowest BCUT2D eigenvalue weighted by Gasteiger charge is -2.06. The van der Waals surface area contributed by atoms with E-state index in [1.165, 1.54) is 6.07 Å². The van der Waals surface area contributed by atoms with Gasteiger partial charge in [-0.1, -0.05) is 29.3 Å². The van der Waals surface area contributed by atoms with Gasteiger partial charge in [-0.3, -0.25) is 0 Å². The van der Waals surface area contributed by atoms with Crippen molar-refractivity contribution in [2.75, 3.05) is 5.32 Å². The number of carboxylic acid groups (broad SMARTS) is 1. The van der Waals surface area contributed by atoms with Crippen molar-refractivity contribution in [3.8, 4) is 0 Å². The number of rotatable bonds is 3. The first kappa shape index (κ1) is 14.6. The fourth-order valence-corrected chi connectivity index (χ4v) is 2.40. The molecule has 3 rings (SSSR count). The van der Waals surface area contributed by atoms with Crippen LogP contribution in [0.5, 0.6) is 0 Å². The number of nitrogens with one attached hydrogen (secondary N) is 2. The highest BCUT2D eigenvalue weighted by Crippen LogP contribution is 2.32. The Morgan fingerprint density at radius 2 is 2.05 bits per heavy atom. The zero-order valence-corrected chi connectivity index (χ0v) is 12.3. The number of aromatic carboxylic acids is 1. The highest BCUT2D eigenvalue weighted by Gasteiger charge is 2.18. The number of fused-ring (bicyclic) bond motifs is 1. The smallest absolute Gasteiger partial charge is 0.340 e. The van der Waals surface area contributed by atoms with Gasteiger partial charge >= 0.3 is 5.97 Å². The topological polar surface area (TPSA) is 78.0 Å². The number of halogens is 3. The van der Waals surface area contributed by atoms with Gasteiger partial charge in [0, 0.05) is 0 Å². The molecular weight excluding hydrogens is 332 g/mol. The van der Waals surface area contributed by atoms with Gasteiger partial charge in [0.15, 0.2) is 0 Å². The average Bonchev–Trinajstić information content (AvgIpc) is 2.85. The summed E-state index contributed by atoms with van der Waals surface area (Å²) in [5.41, 5.74) is 0.438. The zero-order valence-electron chi connectivity index (χ0n) is 10.8. The molecule has 0 saturated heterocycles. The molecule has 3 aromatic rings. The summed E-state index contributed by atoms with van der Waals surface area (Å²) in [5.74, 6) is -1.98. The number of hydrogen-bond donors (Lipinski definition) is 3. The summed E-state index contributed by atoms with van der Waals surface area (Å²) in [6, 6.07) is 7.45. The number of nitrogens with zero attached hydrogens (tertiary/aromatic N) is 1. The molecule has 0 radical (unpaired) electrons. The number of carbonyl (C=O) groups is 1. The molecule has 5 nitrogen and oxygen atoms in total. The van der Waals surface area contributed by atoms with Gasteiger partial charge in [0.2, 0.25) is 5.95 Å². The van der Waals surface area contributed by atoms with E-state index < -0.39 is 17.3 Å². The van der Waals surface area contributed by atoms with E-state index in [2.05, 4.69) is 15.3 Å². The molecule has 2 aromatic carbocycles. The summed E-state index contributed by atoms with van der Waals surface area (Å²) in [7, 11) is 0. The van der Waals surface area contributed by atoms with E-state index in [9.17, 15) is 9.18 Å². The number of hydrogen-bond acceptors (Lipinski definition) is 3. The zero-order chi connectivity index (χ0) is 15.9. The van der Waals surface area contributed by atoms with Crippen molar-refractivity contribution in [2.45, 2.75) is 0 Å². The number of H-pyrrole nitrogens is 1. The molecule has 0 aliphatic heterocycles. The van der Waals surface area contributed by atoms with Crippen LogP contribution in [-0.2, 0) is 0 Å². The van der Waals surface area contributed by atoms with Crippen LogP contribution >= 0.6 is 23.2 Å². The van der Waals surface area contributed by atoms with Crippen LogP contribution in [-0.4, -0.2) is 21.0 Å². The van der Waals surface area contributed by atoms with E-state index in [4.69, 9.17) is 28.3 Å². The predicted molar refractivity (Wildman–Crippen MR) is 82.8 cm³/mol. The molecule has 0 amide bonds. The number of carboxylic acids is 1. The lowest BCUT2D eigenvalue weighted by Crippen LogP contribution is -2.01. The standard InChI is InChI=1S/C14H8Cl2FN3O2/c15-6-2-1-3-8(11(6)16)18-14-19-9-5-4-7(17)10(13(21)22)12(9)20-14/h1-5H,(H,21,22)(H2,18,19,20). The molecule has 0 unspecified atom stereocenters. The highest BCUT2D eigenvalue weighted by molar-refractivity contribution is 6.43. The monoisotopic (exact) mass is 339 g/mol. The molecule has 0 spiro atoms. The van der Waals surface area contributed by atoms with Crippen LogP contribution in [0, 0.1) is 5.82 Å². The highest BCUT2D eigenvalue weighted by atomic mass is 35.5. The molecule has 3 N–H and O–H groups in total. The number of aromatic nitrogens is 2. The predicted octanol–water partition coefficient (Wildman–Crippen LogP) is 4.45. The second-order valence-corrected chi connectivity index (χ2v) is 5.22. The quantitative estimate of drug-likeness (QED) is 0.658. The Morgan fingerprint density at radius 1 is 1.27 bits per heavy atom. The van der Waals surface area contributed by atoms with Crippen LogP contribution in [0.4, 0.5) is 16.0 Å². The summed E-state index contributed by atoms with van der Waals surface area (Å²) in [5, 5.41) is 12.6. The van der Waals surface area contributed by atoms with Gasteiger partial charge in [-0.2, -0.15) is 0 Å². The van der Waals surface area contributed by atoms with Gasteiger partial charge in [-0.05, 0) is 24.3 Å². The van der Waals surface area contributed by atoms with Gasteiger partial charge in [-0.25, -0.2) is 14.2 Å². The number of imidazole rings is 1. The van der Waals surface area contributed by atoms with Crippen molar-refractivity contribution in [1.82, 2.24) is 9.97 Å². The van der Waals surface area contributed by atoms with Crippen LogP contribution in [0.2, 0.25) is 10.0 Å². The van der Waals surface area contributed by atoms with Gasteiger partial charge < -0.3 is 15.4 Å². The third kappa shape index (κ3) is 2.47. The third-order valence-corrected chi connectivity index (χ3v) is 3.85. The molecule has 1 heterocycles. The minimum Gasteiger partial charge on any atom is -0.478 e. The maximum Gasteiger partial charge on any atom is 0.340 e. The second kappa shape index (κ2) is 5.47. The second-order valence-electron chi connectivity index (χ2n) is 4.43. The summed E-state index contributed by atoms with van der Waals surface area (Å²) >= 11 is 12.0. The molecule has 0 bridgehead atoms. The molecule has 112 valence electrons. The third-order valence-electron chi connectivity index (χ3n) is 3.03. The van der Waals surface area contributed by atoms with Crippen LogP contribution in [0.15, 0.2) is 30.3 Å². The largest absolute Gasteiger partial charge is 0.478 e. The maximum atomic E-state index is 13.6. The van der Waals surface area contributed by atoms with Crippen LogP contribution in [0.1, 0.15) is 10.4 Å². The Labute approximate surface area is 133 Å². The van der Waals surface area contributed by atoms with Crippen molar-refractivity contribution >= 4 is 51.8 Å². The lowest BCUT2D eigenvalue weighted by molar-refractivity contribution is 0.0694. The molecule has 1 aromatic heterocycles. The molecule has 0 aliphatic carbocycles. The van der Waals surface area contributed by atoms with E-state index in [0.29, 0.717) is 21.2 Å². The fourth-order valence-electron chi connectivity index (χ4n) is 2.05. The number of anilines is 2. The minimum atomic E-state index is -1.38. The van der Waals surface area contributed by atoms with E-state index in [-0.39, 0.29) is 11.5 Å². The van der Waals surface area contributed by atoms with E-state index in [0.717, 1.165) is 6.07 Å². The molecule has 8 heteroatoms. The Kier molecular flexibility index (Phi) is 3.64. The Morgan fingerprint density at radius 3 is 2.77 bits per heavy atom. The summed E-state index contributed by atoms with van der Waals surface area (Å²) in [6.07, 6.45) is 0. The van der Waals surface area contributed by atoms with Crippen LogP contribution in [0.3, 0.4) is 0 Å². The molecule has 0 aliphatic rings. The van der Waals surface area contributed by atoms with Crippen LogP contribution in [0.25, 0.3) is 11.0 Å². The van der Waals surface area contributed by atoms with Crippen molar-refractivity contribution in [3.63, 3.8) is 0 Å². The molecule has 0 atom stereocenters. The van der Waals surface area contributed by atoms with Crippen molar-refractivity contribution in [2.24, 2.45) is 0 Å². The SMILES string of the molecule is O=C(O)c1c(F)ccc2nc(Nc3cccc(Cl)c3Cl)[nH]c12. The van der Waals surface area contributed by atoms with E-state index >= 15 is 0 Å². The number of aromatic amines is 1. The lowest BCUT2D eigenvalue weighted by atomic mass is 10.2. The Hall–Kier alpha value is -2.31. The van der Waals surface area contributed by atoms with Gasteiger partial charge in [-0.15, -0.1) is 0 Å². The van der Waals surface area contributed by atoms with Gasteiger partial charge in [0.1, 0.15) is 11.4 Å². The molecule has 0 fully saturated rings. The maximum absolute atomic E-state index is 13.6. The van der Waals surface area contributed by atoms with Gasteiger partial charge in [0.05, 0.1) is 26.8 Å². The molecule has 22 heavy (non-hydrogen) atoms. The normalized spacial score (nSPS) is 10.9. The van der Waals surface area contributed by atoms with Crippen molar-refractivity contribution < 1.29 is 14.3 Å². The Bertz CT molecular complexity index is 895. The van der Waals surface area contributed by atoms with Gasteiger partial charge in [0.25, 0.3) is 0 Å². The van der Waals surface area contributed by atoms with E-state index in [1.807, 2.05) is 0 Å². The number of benzene rings is 2. The van der Waals surface area contributed by atoms with E-state index in [1.54, 1.807) is 18.2 Å². The summed E-state index contributed by atoms with van der Waals surface area (Å²) in [4.78, 5) is 18.1. The first-order valence-electron chi connectivity index (χ1n) is 6.10. The average molecular weight is 340 g/mol. The first-order chi connectivity index (χ1) is 10.5. The van der Waals surface area contributed by atoms with Crippen molar-refractivity contribution in [1.29, 1.82) is 0 Å².